The van der Waals surface area contributed by atoms with Crippen LogP contribution in [0.2, 0.25) is 0 Å². The van der Waals surface area contributed by atoms with Crippen LogP contribution in [0.1, 0.15) is 18.9 Å². The first kappa shape index (κ1) is 13.4. The molecule has 100 valence electrons. The predicted molar refractivity (Wildman–Crippen MR) is 72.4 cm³/mol. The van der Waals surface area contributed by atoms with E-state index in [0.29, 0.717) is 6.79 Å². The lowest BCUT2D eigenvalue weighted by atomic mass is 10.2. The molecule has 4 nitrogen and oxygen atoms in total. The molecule has 2 atom stereocenters. The quantitative estimate of drug-likeness (QED) is 0.798. The molecule has 0 aliphatic carbocycles. The Morgan fingerprint density at radius 3 is 2.94 bits per heavy atom. The van der Waals surface area contributed by atoms with Crippen LogP contribution >= 0.6 is 0 Å². The summed E-state index contributed by atoms with van der Waals surface area (Å²) in [5.41, 5.74) is 1.17. The molecule has 1 N–H and O–H groups in total. The first-order chi connectivity index (χ1) is 8.66. The first-order valence-electron chi connectivity index (χ1n) is 6.08. The van der Waals surface area contributed by atoms with Gasteiger partial charge in [0.05, 0.1) is 0 Å². The van der Waals surface area contributed by atoms with E-state index in [1.54, 1.807) is 6.26 Å². The zero-order valence-electron chi connectivity index (χ0n) is 10.8. The second-order valence-electron chi connectivity index (χ2n) is 4.46. The molecule has 0 saturated heterocycles. The minimum absolute atomic E-state index is 0.245. The lowest BCUT2D eigenvalue weighted by Gasteiger charge is -2.09. The van der Waals surface area contributed by atoms with E-state index in [2.05, 4.69) is 5.32 Å². The van der Waals surface area contributed by atoms with Gasteiger partial charge in [-0.25, -0.2) is 0 Å². The van der Waals surface area contributed by atoms with E-state index in [9.17, 15) is 4.21 Å². The lowest BCUT2D eigenvalue weighted by Crippen LogP contribution is -2.20. The maximum atomic E-state index is 11.2. The Labute approximate surface area is 110 Å². The Morgan fingerprint density at radius 1 is 1.39 bits per heavy atom. The van der Waals surface area contributed by atoms with E-state index in [1.807, 2.05) is 25.1 Å². The van der Waals surface area contributed by atoms with Gasteiger partial charge in [-0.15, -0.1) is 0 Å². The number of rotatable bonds is 6. The van der Waals surface area contributed by atoms with Crippen molar-refractivity contribution < 1.29 is 13.7 Å². The summed E-state index contributed by atoms with van der Waals surface area (Å²) in [7, 11) is -0.735. The van der Waals surface area contributed by atoms with Crippen LogP contribution in [0.3, 0.4) is 0 Å². The largest absolute Gasteiger partial charge is 0.454 e. The third-order valence-corrected chi connectivity index (χ3v) is 4.43. The van der Waals surface area contributed by atoms with Crippen LogP contribution in [-0.2, 0) is 17.3 Å². The van der Waals surface area contributed by atoms with Gasteiger partial charge in [0.2, 0.25) is 6.79 Å². The highest BCUT2D eigenvalue weighted by Gasteiger charge is 2.12. The molecule has 0 amide bonds. The highest BCUT2D eigenvalue weighted by molar-refractivity contribution is 7.84. The summed E-state index contributed by atoms with van der Waals surface area (Å²) in [6.07, 6.45) is 2.68. The van der Waals surface area contributed by atoms with Crippen LogP contribution in [0, 0.1) is 0 Å². The Balaban J connectivity index is 1.75. The van der Waals surface area contributed by atoms with Crippen LogP contribution in [0.4, 0.5) is 0 Å². The fraction of sp³-hybridized carbons (Fsp3) is 0.538. The van der Waals surface area contributed by atoms with Gasteiger partial charge in [-0.3, -0.25) is 4.21 Å². The second-order valence-corrected chi connectivity index (χ2v) is 6.26. The monoisotopic (exact) mass is 269 g/mol. The topological polar surface area (TPSA) is 47.6 Å². The number of ether oxygens (including phenoxy) is 2. The predicted octanol–water partition coefficient (Wildman–Crippen LogP) is 1.66. The van der Waals surface area contributed by atoms with E-state index < -0.39 is 10.8 Å². The Bertz CT molecular complexity index is 436. The molecule has 1 aliphatic heterocycles. The molecular weight excluding hydrogens is 250 g/mol. The van der Waals surface area contributed by atoms with Crippen molar-refractivity contribution in [3.8, 4) is 11.5 Å². The molecule has 1 aromatic rings. The van der Waals surface area contributed by atoms with Crippen molar-refractivity contribution in [2.45, 2.75) is 25.1 Å². The van der Waals surface area contributed by atoms with Gasteiger partial charge in [-0.1, -0.05) is 13.0 Å². The zero-order chi connectivity index (χ0) is 13.0. The molecule has 0 radical (unpaired) electrons. The van der Waals surface area contributed by atoms with E-state index in [0.717, 1.165) is 31.0 Å². The van der Waals surface area contributed by atoms with E-state index in [-0.39, 0.29) is 5.25 Å². The Hall–Kier alpha value is -1.07. The first-order valence-corrected chi connectivity index (χ1v) is 7.70. The summed E-state index contributed by atoms with van der Waals surface area (Å²) < 4.78 is 21.8. The number of nitrogens with one attached hydrogen (secondary N) is 1. The standard InChI is InChI=1S/C13H19NO3S/c1-10(18(2)15)5-6-14-8-11-3-4-12-13(7-11)17-9-16-12/h3-4,7,10,14H,5-6,8-9H2,1-2H3. The molecule has 1 aliphatic rings. The molecule has 2 unspecified atom stereocenters. The number of hydrogen-bond donors (Lipinski definition) is 1. The Morgan fingerprint density at radius 2 is 2.17 bits per heavy atom. The van der Waals surface area contributed by atoms with Gasteiger partial charge in [0.25, 0.3) is 0 Å². The van der Waals surface area contributed by atoms with Crippen LogP contribution < -0.4 is 14.8 Å². The summed E-state index contributed by atoms with van der Waals surface area (Å²) in [5, 5.41) is 3.59. The van der Waals surface area contributed by atoms with Crippen molar-refractivity contribution >= 4 is 10.8 Å². The molecule has 0 saturated carbocycles. The van der Waals surface area contributed by atoms with Gasteiger partial charge in [0.1, 0.15) is 0 Å². The normalized spacial score (nSPS) is 16.6. The van der Waals surface area contributed by atoms with Crippen LogP contribution in [0.15, 0.2) is 18.2 Å². The van der Waals surface area contributed by atoms with Gasteiger partial charge in [-0.05, 0) is 30.7 Å². The molecule has 1 aromatic carbocycles. The SMILES string of the molecule is CC(CCNCc1ccc2c(c1)OCO2)S(C)=O. The van der Waals surface area contributed by atoms with Gasteiger partial charge in [-0.2, -0.15) is 0 Å². The van der Waals surface area contributed by atoms with Gasteiger partial charge in [0.15, 0.2) is 11.5 Å². The minimum Gasteiger partial charge on any atom is -0.454 e. The van der Waals surface area contributed by atoms with Gasteiger partial charge >= 0.3 is 0 Å². The van der Waals surface area contributed by atoms with E-state index in [1.165, 1.54) is 5.56 Å². The van der Waals surface area contributed by atoms with Crippen molar-refractivity contribution in [1.82, 2.24) is 5.32 Å². The molecule has 1 heterocycles. The molecule has 0 bridgehead atoms. The minimum atomic E-state index is -0.735. The lowest BCUT2D eigenvalue weighted by molar-refractivity contribution is 0.174. The van der Waals surface area contributed by atoms with Crippen molar-refractivity contribution in [1.29, 1.82) is 0 Å². The molecule has 18 heavy (non-hydrogen) atoms. The second kappa shape index (κ2) is 6.20. The van der Waals surface area contributed by atoms with Crippen LogP contribution in [-0.4, -0.2) is 29.1 Å². The zero-order valence-corrected chi connectivity index (χ0v) is 11.6. The summed E-state index contributed by atoms with van der Waals surface area (Å²) in [6, 6.07) is 5.96. The average Bonchev–Trinajstić information content (AvgIpc) is 2.81. The molecule has 2 rings (SSSR count). The fourth-order valence-corrected chi connectivity index (χ4v) is 2.20. The molecule has 0 spiro atoms. The van der Waals surface area contributed by atoms with E-state index in [4.69, 9.17) is 9.47 Å². The summed E-state index contributed by atoms with van der Waals surface area (Å²) in [5.74, 6) is 1.63. The van der Waals surface area contributed by atoms with Crippen molar-refractivity contribution in [3.05, 3.63) is 23.8 Å². The van der Waals surface area contributed by atoms with Gasteiger partial charge in [0, 0.05) is 28.9 Å². The summed E-state index contributed by atoms with van der Waals surface area (Å²) in [4.78, 5) is 0. The fourth-order valence-electron chi connectivity index (χ4n) is 1.75. The van der Waals surface area contributed by atoms with Crippen molar-refractivity contribution in [2.24, 2.45) is 0 Å². The Kier molecular flexibility index (Phi) is 4.60. The van der Waals surface area contributed by atoms with E-state index >= 15 is 0 Å². The highest BCUT2D eigenvalue weighted by Crippen LogP contribution is 2.32. The maximum Gasteiger partial charge on any atom is 0.231 e. The maximum absolute atomic E-state index is 11.2. The van der Waals surface area contributed by atoms with Crippen LogP contribution in [0.25, 0.3) is 0 Å². The molecule has 0 aromatic heterocycles. The van der Waals surface area contributed by atoms with Crippen LogP contribution in [0.5, 0.6) is 11.5 Å². The van der Waals surface area contributed by atoms with Crippen molar-refractivity contribution in [3.63, 3.8) is 0 Å². The summed E-state index contributed by atoms with van der Waals surface area (Å²) in [6.45, 7) is 3.99. The molecule has 0 fully saturated rings. The third kappa shape index (κ3) is 3.46. The molecular formula is C13H19NO3S. The number of fused-ring (bicyclic) bond motifs is 1. The van der Waals surface area contributed by atoms with Crippen molar-refractivity contribution in [2.75, 3.05) is 19.6 Å². The number of benzene rings is 1. The van der Waals surface area contributed by atoms with Gasteiger partial charge < -0.3 is 14.8 Å². The molecule has 5 heteroatoms. The average molecular weight is 269 g/mol. The smallest absolute Gasteiger partial charge is 0.231 e. The summed E-state index contributed by atoms with van der Waals surface area (Å²) >= 11 is 0. The highest BCUT2D eigenvalue weighted by atomic mass is 32.2. The third-order valence-electron chi connectivity index (χ3n) is 3.06. The number of hydrogen-bond acceptors (Lipinski definition) is 4.